The molecule has 0 bridgehead atoms. The van der Waals surface area contributed by atoms with E-state index < -0.39 is 0 Å². The monoisotopic (exact) mass is 428 g/mol. The predicted octanol–water partition coefficient (Wildman–Crippen LogP) is 7.00. The van der Waals surface area contributed by atoms with Crippen molar-refractivity contribution in [1.82, 2.24) is 19.5 Å². The van der Waals surface area contributed by atoms with Crippen molar-refractivity contribution in [2.75, 3.05) is 0 Å². The van der Waals surface area contributed by atoms with Crippen molar-refractivity contribution in [3.05, 3.63) is 97.5 Å². The van der Waals surface area contributed by atoms with Crippen LogP contribution in [0.2, 0.25) is 0 Å². The fraction of sp³-hybridized carbons (Fsp3) is 0. The lowest BCUT2D eigenvalue weighted by Crippen LogP contribution is -1.98. The highest BCUT2D eigenvalue weighted by Crippen LogP contribution is 2.42. The number of fused-ring (bicyclic) bond motifs is 7. The normalized spacial score (nSPS) is 11.8. The van der Waals surface area contributed by atoms with Crippen LogP contribution >= 0.6 is 11.3 Å². The third-order valence-corrected chi connectivity index (χ3v) is 7.09. The van der Waals surface area contributed by atoms with E-state index in [9.17, 15) is 0 Å². The minimum Gasteiger partial charge on any atom is -0.290 e. The van der Waals surface area contributed by atoms with Crippen LogP contribution < -0.4 is 0 Å². The Morgan fingerprint density at radius 1 is 0.719 bits per heavy atom. The van der Waals surface area contributed by atoms with Gasteiger partial charge in [0.25, 0.3) is 0 Å². The van der Waals surface area contributed by atoms with Crippen molar-refractivity contribution < 1.29 is 0 Å². The number of aromatic nitrogens is 4. The van der Waals surface area contributed by atoms with Crippen LogP contribution in [0.4, 0.5) is 0 Å². The Kier molecular flexibility index (Phi) is 3.68. The molecule has 32 heavy (non-hydrogen) atoms. The molecule has 4 heterocycles. The van der Waals surface area contributed by atoms with Gasteiger partial charge in [-0.05, 0) is 30.3 Å². The molecule has 150 valence electrons. The molecule has 4 aromatic heterocycles. The van der Waals surface area contributed by atoms with Gasteiger partial charge >= 0.3 is 0 Å². The molecule has 0 saturated heterocycles. The minimum absolute atomic E-state index is 0.796. The van der Waals surface area contributed by atoms with Gasteiger partial charge in [-0.2, -0.15) is 0 Å². The molecule has 0 atom stereocenters. The number of rotatable bonds is 2. The van der Waals surface area contributed by atoms with Crippen molar-refractivity contribution in [2.24, 2.45) is 0 Å². The highest BCUT2D eigenvalue weighted by atomic mass is 32.1. The van der Waals surface area contributed by atoms with Crippen molar-refractivity contribution in [2.45, 2.75) is 0 Å². The molecule has 0 N–H and O–H groups in total. The zero-order chi connectivity index (χ0) is 21.1. The van der Waals surface area contributed by atoms with Crippen molar-refractivity contribution in [3.63, 3.8) is 0 Å². The summed E-state index contributed by atoms with van der Waals surface area (Å²) in [6.45, 7) is 0. The summed E-state index contributed by atoms with van der Waals surface area (Å²) in [5, 5.41) is 3.63. The standard InChI is InChI=1S/C27H16N4S/c1-2-6-17(7-3-1)20-11-12-21-26(30-20)19-10-13-23-25(18-8-4-5-9-22(18)32-23)27(19)31(21)24-16-28-14-15-29-24/h1-16H. The Morgan fingerprint density at radius 3 is 2.47 bits per heavy atom. The molecule has 7 rings (SSSR count). The Labute approximate surface area is 187 Å². The van der Waals surface area contributed by atoms with E-state index in [0.717, 1.165) is 39.0 Å². The lowest BCUT2D eigenvalue weighted by Gasteiger charge is -2.07. The lowest BCUT2D eigenvalue weighted by atomic mass is 10.1. The van der Waals surface area contributed by atoms with Gasteiger partial charge in [0.1, 0.15) is 0 Å². The van der Waals surface area contributed by atoms with Gasteiger partial charge in [0.2, 0.25) is 0 Å². The van der Waals surface area contributed by atoms with Crippen LogP contribution in [-0.2, 0) is 0 Å². The van der Waals surface area contributed by atoms with Crippen LogP contribution in [0.15, 0.2) is 97.5 Å². The van der Waals surface area contributed by atoms with E-state index in [-0.39, 0.29) is 0 Å². The lowest BCUT2D eigenvalue weighted by molar-refractivity contribution is 1.04. The first-order valence-corrected chi connectivity index (χ1v) is 11.3. The summed E-state index contributed by atoms with van der Waals surface area (Å²) in [5.41, 5.74) is 5.21. The smallest absolute Gasteiger partial charge is 0.156 e. The second-order valence-electron chi connectivity index (χ2n) is 7.76. The van der Waals surface area contributed by atoms with Gasteiger partial charge in [-0.15, -0.1) is 11.3 Å². The molecule has 7 aromatic rings. The number of hydrogen-bond acceptors (Lipinski definition) is 4. The van der Waals surface area contributed by atoms with Crippen LogP contribution in [0, 0.1) is 0 Å². The van der Waals surface area contributed by atoms with Gasteiger partial charge in [0.15, 0.2) is 5.82 Å². The number of benzene rings is 3. The molecule has 0 fully saturated rings. The second kappa shape index (κ2) is 6.70. The third-order valence-electron chi connectivity index (χ3n) is 5.96. The molecule has 0 aliphatic heterocycles. The average Bonchev–Trinajstić information content (AvgIpc) is 3.40. The fourth-order valence-electron chi connectivity index (χ4n) is 4.59. The number of pyridine rings is 1. The fourth-order valence-corrected chi connectivity index (χ4v) is 5.70. The first kappa shape index (κ1) is 17.6. The molecule has 0 radical (unpaired) electrons. The van der Waals surface area contributed by atoms with E-state index in [4.69, 9.17) is 4.98 Å². The SMILES string of the molecule is c1ccc(-c2ccc3c(n2)c2ccc4sc5ccccc5c4c2n3-c2cnccn2)cc1. The number of hydrogen-bond donors (Lipinski definition) is 0. The molecule has 3 aromatic carbocycles. The Bertz CT molecular complexity index is 1770. The van der Waals surface area contributed by atoms with E-state index in [1.165, 1.54) is 20.2 Å². The van der Waals surface area contributed by atoms with Gasteiger partial charge in [0, 0.05) is 43.5 Å². The van der Waals surface area contributed by atoms with Gasteiger partial charge in [-0.25, -0.2) is 9.97 Å². The summed E-state index contributed by atoms with van der Waals surface area (Å²) in [6.07, 6.45) is 5.26. The first-order valence-electron chi connectivity index (χ1n) is 10.5. The summed E-state index contributed by atoms with van der Waals surface area (Å²) in [4.78, 5) is 14.1. The molecule has 4 nitrogen and oxygen atoms in total. The molecule has 0 amide bonds. The topological polar surface area (TPSA) is 43.6 Å². The molecular weight excluding hydrogens is 412 g/mol. The Balaban J connectivity index is 1.69. The van der Waals surface area contributed by atoms with Crippen LogP contribution in [0.1, 0.15) is 0 Å². The highest BCUT2D eigenvalue weighted by Gasteiger charge is 2.20. The predicted molar refractivity (Wildman–Crippen MR) is 132 cm³/mol. The maximum Gasteiger partial charge on any atom is 0.156 e. The second-order valence-corrected chi connectivity index (χ2v) is 8.85. The van der Waals surface area contributed by atoms with Crippen molar-refractivity contribution >= 4 is 53.4 Å². The van der Waals surface area contributed by atoms with Gasteiger partial charge in [-0.3, -0.25) is 9.55 Å². The van der Waals surface area contributed by atoms with Gasteiger partial charge in [0.05, 0.1) is 28.4 Å². The maximum absolute atomic E-state index is 5.13. The van der Waals surface area contributed by atoms with Crippen LogP contribution in [0.3, 0.4) is 0 Å². The van der Waals surface area contributed by atoms with Crippen molar-refractivity contribution in [3.8, 4) is 17.1 Å². The number of thiophene rings is 1. The van der Waals surface area contributed by atoms with Crippen LogP contribution in [0.5, 0.6) is 0 Å². The average molecular weight is 429 g/mol. The zero-order valence-electron chi connectivity index (χ0n) is 16.9. The number of nitrogens with zero attached hydrogens (tertiary/aromatic N) is 4. The first-order chi connectivity index (χ1) is 15.9. The van der Waals surface area contributed by atoms with E-state index in [0.29, 0.717) is 0 Å². The highest BCUT2D eigenvalue weighted by molar-refractivity contribution is 7.26. The summed E-state index contributed by atoms with van der Waals surface area (Å²) in [6, 6.07) is 27.6. The van der Waals surface area contributed by atoms with E-state index in [2.05, 4.69) is 75.2 Å². The van der Waals surface area contributed by atoms with E-state index in [1.54, 1.807) is 12.4 Å². The quantitative estimate of drug-likeness (QED) is 0.298. The van der Waals surface area contributed by atoms with Crippen LogP contribution in [0.25, 0.3) is 59.2 Å². The molecule has 5 heteroatoms. The Hall–Kier alpha value is -4.09. The molecule has 0 aliphatic rings. The largest absolute Gasteiger partial charge is 0.290 e. The molecule has 0 spiro atoms. The maximum atomic E-state index is 5.13. The third kappa shape index (κ3) is 2.46. The van der Waals surface area contributed by atoms with E-state index >= 15 is 0 Å². The van der Waals surface area contributed by atoms with Gasteiger partial charge < -0.3 is 0 Å². The molecular formula is C27H16N4S. The molecule has 0 aliphatic carbocycles. The summed E-state index contributed by atoms with van der Waals surface area (Å²) >= 11 is 1.82. The Morgan fingerprint density at radius 2 is 1.59 bits per heavy atom. The van der Waals surface area contributed by atoms with E-state index in [1.807, 2.05) is 35.7 Å². The summed E-state index contributed by atoms with van der Waals surface area (Å²) in [7, 11) is 0. The van der Waals surface area contributed by atoms with Crippen molar-refractivity contribution in [1.29, 1.82) is 0 Å². The van der Waals surface area contributed by atoms with Gasteiger partial charge in [-0.1, -0.05) is 48.5 Å². The molecule has 0 unspecified atom stereocenters. The minimum atomic E-state index is 0.796. The zero-order valence-corrected chi connectivity index (χ0v) is 17.8. The summed E-state index contributed by atoms with van der Waals surface area (Å²) < 4.78 is 4.75. The van der Waals surface area contributed by atoms with Crippen LogP contribution in [-0.4, -0.2) is 19.5 Å². The summed E-state index contributed by atoms with van der Waals surface area (Å²) in [5.74, 6) is 0.796. The molecule has 0 saturated carbocycles.